The van der Waals surface area contributed by atoms with Gasteiger partial charge in [0, 0.05) is 0 Å². The summed E-state index contributed by atoms with van der Waals surface area (Å²) in [5.74, 6) is 0.896. The second kappa shape index (κ2) is 4.80. The number of nitrogens with zero attached hydrogens (tertiary/aromatic N) is 1. The summed E-state index contributed by atoms with van der Waals surface area (Å²) < 4.78 is 0. The minimum Gasteiger partial charge on any atom is -0.309 e. The fraction of sp³-hybridized carbons (Fsp3) is 1.00. The van der Waals surface area contributed by atoms with E-state index in [4.69, 9.17) is 0 Å². The molecule has 0 radical (unpaired) electrons. The summed E-state index contributed by atoms with van der Waals surface area (Å²) in [5.41, 5.74) is 0. The van der Waals surface area contributed by atoms with Gasteiger partial charge in [0.25, 0.3) is 0 Å². The van der Waals surface area contributed by atoms with Crippen LogP contribution in [0.2, 0.25) is 0 Å². The molecule has 0 bridgehead atoms. The van der Waals surface area contributed by atoms with Crippen LogP contribution in [0.4, 0.5) is 0 Å². The molecule has 0 N–H and O–H groups in total. The van der Waals surface area contributed by atoms with E-state index in [1.165, 1.54) is 19.4 Å². The zero-order valence-electron chi connectivity index (χ0n) is 7.15. The summed E-state index contributed by atoms with van der Waals surface area (Å²) >= 11 is 0. The first-order valence-electron chi connectivity index (χ1n) is 3.81. The lowest BCUT2D eigenvalue weighted by molar-refractivity contribution is 0.356. The van der Waals surface area contributed by atoms with Gasteiger partial charge in [-0.25, -0.2) is 0 Å². The van der Waals surface area contributed by atoms with Crippen LogP contribution in [0.15, 0.2) is 0 Å². The van der Waals surface area contributed by atoms with Crippen LogP contribution in [0.1, 0.15) is 26.7 Å². The van der Waals surface area contributed by atoms with Crippen LogP contribution in [0.5, 0.6) is 0 Å². The van der Waals surface area contributed by atoms with Crippen molar-refractivity contribution in [2.45, 2.75) is 26.7 Å². The third-order valence-electron chi connectivity index (χ3n) is 1.77. The summed E-state index contributed by atoms with van der Waals surface area (Å²) in [6.07, 6.45) is 2.65. The third-order valence-corrected chi connectivity index (χ3v) is 1.77. The van der Waals surface area contributed by atoms with Crippen LogP contribution in [-0.4, -0.2) is 25.5 Å². The highest BCUT2D eigenvalue weighted by Gasteiger charge is 1.97. The lowest BCUT2D eigenvalue weighted by Crippen LogP contribution is -2.15. The molecule has 56 valence electrons. The maximum absolute atomic E-state index is 2.31. The first kappa shape index (κ1) is 8.96. The van der Waals surface area contributed by atoms with E-state index in [0.717, 1.165) is 5.92 Å². The molecule has 1 heteroatoms. The average molecular weight is 129 g/mol. The average Bonchev–Trinajstić information content (AvgIpc) is 1.83. The van der Waals surface area contributed by atoms with E-state index < -0.39 is 0 Å². The van der Waals surface area contributed by atoms with Crippen molar-refractivity contribution in [3.63, 3.8) is 0 Å². The Morgan fingerprint density at radius 1 is 1.33 bits per heavy atom. The van der Waals surface area contributed by atoms with E-state index in [1.807, 2.05) is 0 Å². The van der Waals surface area contributed by atoms with Gasteiger partial charge >= 0.3 is 0 Å². The molecule has 0 aromatic carbocycles. The molecule has 9 heavy (non-hydrogen) atoms. The van der Waals surface area contributed by atoms with Gasteiger partial charge in [-0.15, -0.1) is 0 Å². The molecule has 0 spiro atoms. The van der Waals surface area contributed by atoms with Gasteiger partial charge in [-0.05, 0) is 33.0 Å². The molecule has 0 unspecified atom stereocenters. The Morgan fingerprint density at radius 3 is 2.22 bits per heavy atom. The molecule has 0 rings (SSSR count). The molecule has 0 aliphatic carbocycles. The SMILES string of the molecule is CC[C@@H](C)CCN(C)C. The molecule has 0 aromatic rings. The lowest BCUT2D eigenvalue weighted by atomic mass is 10.1. The van der Waals surface area contributed by atoms with Gasteiger partial charge in [0.2, 0.25) is 0 Å². The highest BCUT2D eigenvalue weighted by Crippen LogP contribution is 2.05. The third kappa shape index (κ3) is 5.84. The van der Waals surface area contributed by atoms with Crippen molar-refractivity contribution in [2.24, 2.45) is 5.92 Å². The Balaban J connectivity index is 3.06. The summed E-state index contributed by atoms with van der Waals surface area (Å²) in [5, 5.41) is 0. The van der Waals surface area contributed by atoms with Gasteiger partial charge in [0.15, 0.2) is 0 Å². The first-order chi connectivity index (χ1) is 4.16. The van der Waals surface area contributed by atoms with Crippen LogP contribution in [0.3, 0.4) is 0 Å². The standard InChI is InChI=1S/C8H19N/c1-5-8(2)6-7-9(3)4/h8H,5-7H2,1-4H3/t8-/m1/s1. The predicted octanol–water partition coefficient (Wildman–Crippen LogP) is 1.98. The first-order valence-corrected chi connectivity index (χ1v) is 3.81. The Morgan fingerprint density at radius 2 is 1.89 bits per heavy atom. The molecule has 0 amide bonds. The molecule has 0 saturated carbocycles. The molecule has 0 aliphatic heterocycles. The van der Waals surface area contributed by atoms with Gasteiger partial charge in [0.05, 0.1) is 0 Å². The second-order valence-electron chi connectivity index (χ2n) is 3.11. The predicted molar refractivity (Wildman–Crippen MR) is 42.6 cm³/mol. The van der Waals surface area contributed by atoms with Crippen LogP contribution >= 0.6 is 0 Å². The van der Waals surface area contributed by atoms with E-state index in [1.54, 1.807) is 0 Å². The topological polar surface area (TPSA) is 3.24 Å². The highest BCUT2D eigenvalue weighted by molar-refractivity contribution is 4.51. The number of hydrogen-bond acceptors (Lipinski definition) is 1. The molecule has 1 nitrogen and oxygen atoms in total. The summed E-state index contributed by atoms with van der Waals surface area (Å²) in [4.78, 5) is 2.24. The molecule has 1 atom stereocenters. The van der Waals surface area contributed by atoms with Crippen LogP contribution in [-0.2, 0) is 0 Å². The van der Waals surface area contributed by atoms with Crippen molar-refractivity contribution < 1.29 is 0 Å². The Hall–Kier alpha value is -0.0400. The zero-order chi connectivity index (χ0) is 7.28. The maximum atomic E-state index is 2.31. The fourth-order valence-electron chi connectivity index (χ4n) is 0.683. The minimum absolute atomic E-state index is 0.896. The highest BCUT2D eigenvalue weighted by atomic mass is 15.0. The molecular formula is C8H19N. The minimum atomic E-state index is 0.896. The van der Waals surface area contributed by atoms with Crippen LogP contribution in [0.25, 0.3) is 0 Å². The van der Waals surface area contributed by atoms with Crippen LogP contribution < -0.4 is 0 Å². The van der Waals surface area contributed by atoms with Crippen molar-refractivity contribution in [3.05, 3.63) is 0 Å². The summed E-state index contributed by atoms with van der Waals surface area (Å²) in [6.45, 7) is 5.79. The quantitative estimate of drug-likeness (QED) is 0.561. The van der Waals surface area contributed by atoms with Crippen molar-refractivity contribution in [2.75, 3.05) is 20.6 Å². The molecule has 0 fully saturated rings. The van der Waals surface area contributed by atoms with E-state index in [9.17, 15) is 0 Å². The van der Waals surface area contributed by atoms with Gasteiger partial charge in [0.1, 0.15) is 0 Å². The zero-order valence-corrected chi connectivity index (χ0v) is 7.15. The largest absolute Gasteiger partial charge is 0.309 e. The van der Waals surface area contributed by atoms with Gasteiger partial charge < -0.3 is 4.90 Å². The Kier molecular flexibility index (Phi) is 4.78. The van der Waals surface area contributed by atoms with E-state index >= 15 is 0 Å². The molecule has 0 aromatic heterocycles. The molecule has 0 aliphatic rings. The van der Waals surface area contributed by atoms with Crippen molar-refractivity contribution in [1.82, 2.24) is 4.90 Å². The van der Waals surface area contributed by atoms with E-state index in [-0.39, 0.29) is 0 Å². The smallest absolute Gasteiger partial charge is 0.00223 e. The van der Waals surface area contributed by atoms with Crippen molar-refractivity contribution >= 4 is 0 Å². The monoisotopic (exact) mass is 129 g/mol. The Bertz CT molecular complexity index is 59.6. The maximum Gasteiger partial charge on any atom is -0.00223 e. The molecule has 0 saturated heterocycles. The van der Waals surface area contributed by atoms with E-state index in [2.05, 4.69) is 32.8 Å². The van der Waals surface area contributed by atoms with E-state index in [0.29, 0.717) is 0 Å². The molecule has 0 heterocycles. The van der Waals surface area contributed by atoms with Gasteiger partial charge in [-0.1, -0.05) is 20.3 Å². The number of rotatable bonds is 4. The summed E-state index contributed by atoms with van der Waals surface area (Å²) in [6, 6.07) is 0. The normalized spacial score (nSPS) is 14.3. The van der Waals surface area contributed by atoms with Gasteiger partial charge in [-0.2, -0.15) is 0 Å². The lowest BCUT2D eigenvalue weighted by Gasteiger charge is -2.12. The second-order valence-corrected chi connectivity index (χ2v) is 3.11. The number of hydrogen-bond donors (Lipinski definition) is 0. The summed E-state index contributed by atoms with van der Waals surface area (Å²) in [7, 11) is 4.25. The Labute approximate surface area is 59.1 Å². The van der Waals surface area contributed by atoms with Crippen LogP contribution in [0, 0.1) is 5.92 Å². The van der Waals surface area contributed by atoms with Gasteiger partial charge in [-0.3, -0.25) is 0 Å². The molecular weight excluding hydrogens is 110 g/mol. The van der Waals surface area contributed by atoms with Crippen molar-refractivity contribution in [1.29, 1.82) is 0 Å². The van der Waals surface area contributed by atoms with Crippen molar-refractivity contribution in [3.8, 4) is 0 Å². The fourth-order valence-corrected chi connectivity index (χ4v) is 0.683.